The number of anilines is 2. The summed E-state index contributed by atoms with van der Waals surface area (Å²) < 4.78 is 0. The lowest BCUT2D eigenvalue weighted by Gasteiger charge is -2.30. The van der Waals surface area contributed by atoms with E-state index >= 15 is 0 Å². The van der Waals surface area contributed by atoms with Crippen LogP contribution in [0.4, 0.5) is 11.4 Å². The molecule has 0 unspecified atom stereocenters. The molecule has 0 aliphatic heterocycles. The summed E-state index contributed by atoms with van der Waals surface area (Å²) in [5.41, 5.74) is 8.47. The fraction of sp³-hybridized carbons (Fsp3) is 0.533. The first-order chi connectivity index (χ1) is 9.02. The highest BCUT2D eigenvalue weighted by molar-refractivity contribution is 5.96. The third kappa shape index (κ3) is 3.19. The molecule has 1 aromatic carbocycles. The number of carbonyl (C=O) groups is 1. The molecule has 1 saturated carbocycles. The van der Waals surface area contributed by atoms with Crippen LogP contribution in [0.2, 0.25) is 0 Å². The van der Waals surface area contributed by atoms with E-state index in [-0.39, 0.29) is 5.91 Å². The van der Waals surface area contributed by atoms with Gasteiger partial charge in [-0.2, -0.15) is 0 Å². The third-order valence-corrected chi connectivity index (χ3v) is 3.60. The molecule has 4 nitrogen and oxygen atoms in total. The normalized spacial score (nSPS) is 14.5. The van der Waals surface area contributed by atoms with Crippen molar-refractivity contribution < 1.29 is 4.79 Å². The van der Waals surface area contributed by atoms with Gasteiger partial charge in [0.2, 0.25) is 0 Å². The first kappa shape index (κ1) is 13.7. The minimum absolute atomic E-state index is 0.0728. The van der Waals surface area contributed by atoms with Gasteiger partial charge >= 0.3 is 0 Å². The van der Waals surface area contributed by atoms with E-state index in [2.05, 4.69) is 24.1 Å². The number of benzene rings is 1. The van der Waals surface area contributed by atoms with Crippen LogP contribution in [0.15, 0.2) is 18.2 Å². The van der Waals surface area contributed by atoms with E-state index in [1.54, 1.807) is 13.1 Å². The number of rotatable bonds is 5. The molecule has 0 saturated heterocycles. The zero-order valence-corrected chi connectivity index (χ0v) is 11.9. The van der Waals surface area contributed by atoms with Crippen LogP contribution < -0.4 is 16.0 Å². The molecule has 0 spiro atoms. The van der Waals surface area contributed by atoms with Crippen LogP contribution in [0.3, 0.4) is 0 Å². The number of nitrogen functional groups attached to an aromatic ring is 1. The average molecular weight is 261 g/mol. The summed E-state index contributed by atoms with van der Waals surface area (Å²) in [5, 5.41) is 2.65. The molecule has 0 atom stereocenters. The van der Waals surface area contributed by atoms with Crippen molar-refractivity contribution in [3.05, 3.63) is 23.8 Å². The quantitative estimate of drug-likeness (QED) is 0.799. The van der Waals surface area contributed by atoms with Crippen molar-refractivity contribution in [2.24, 2.45) is 5.92 Å². The van der Waals surface area contributed by atoms with Crippen molar-refractivity contribution in [3.8, 4) is 0 Å². The maximum absolute atomic E-state index is 11.7. The summed E-state index contributed by atoms with van der Waals surface area (Å²) >= 11 is 0. The summed E-state index contributed by atoms with van der Waals surface area (Å²) in [6, 6.07) is 5.87. The van der Waals surface area contributed by atoms with Crippen molar-refractivity contribution in [3.63, 3.8) is 0 Å². The van der Waals surface area contributed by atoms with E-state index in [0.717, 1.165) is 23.8 Å². The average Bonchev–Trinajstić information content (AvgIpc) is 3.19. The number of carbonyl (C=O) groups excluding carboxylic acids is 1. The Kier molecular flexibility index (Phi) is 3.98. The minimum Gasteiger partial charge on any atom is -0.397 e. The Morgan fingerprint density at radius 3 is 2.68 bits per heavy atom. The number of hydrogen-bond donors (Lipinski definition) is 2. The van der Waals surface area contributed by atoms with Gasteiger partial charge in [-0.25, -0.2) is 0 Å². The maximum Gasteiger partial charge on any atom is 0.251 e. The van der Waals surface area contributed by atoms with Crippen molar-refractivity contribution >= 4 is 17.3 Å². The van der Waals surface area contributed by atoms with E-state index in [0.29, 0.717) is 11.6 Å². The fourth-order valence-corrected chi connectivity index (χ4v) is 2.24. The fourth-order valence-electron chi connectivity index (χ4n) is 2.24. The van der Waals surface area contributed by atoms with Crippen molar-refractivity contribution in [1.29, 1.82) is 0 Å². The predicted octanol–water partition coefficient (Wildman–Crippen LogP) is 2.25. The Morgan fingerprint density at radius 2 is 2.16 bits per heavy atom. The van der Waals surface area contributed by atoms with Gasteiger partial charge in [-0.3, -0.25) is 4.79 Å². The van der Waals surface area contributed by atoms with E-state index in [9.17, 15) is 4.79 Å². The van der Waals surface area contributed by atoms with Crippen molar-refractivity contribution in [1.82, 2.24) is 5.32 Å². The van der Waals surface area contributed by atoms with Gasteiger partial charge in [-0.05, 0) is 50.8 Å². The summed E-state index contributed by atoms with van der Waals surface area (Å²) in [6.45, 7) is 5.35. The summed E-state index contributed by atoms with van der Waals surface area (Å²) in [5.74, 6) is 0.710. The molecule has 0 aromatic heterocycles. The molecule has 0 radical (unpaired) electrons. The standard InChI is InChI=1S/C15H23N3O/c1-10(2)18(9-11-4-5-11)14-8-12(15(19)17-3)6-7-13(14)16/h6-8,10-11H,4-5,9,16H2,1-3H3,(H,17,19). The molecule has 3 N–H and O–H groups in total. The zero-order valence-electron chi connectivity index (χ0n) is 11.9. The highest BCUT2D eigenvalue weighted by Crippen LogP contribution is 2.34. The van der Waals surface area contributed by atoms with E-state index < -0.39 is 0 Å². The van der Waals surface area contributed by atoms with Crippen LogP contribution in [-0.4, -0.2) is 25.5 Å². The van der Waals surface area contributed by atoms with Gasteiger partial charge in [0.05, 0.1) is 11.4 Å². The topological polar surface area (TPSA) is 58.4 Å². The first-order valence-electron chi connectivity index (χ1n) is 6.91. The van der Waals surface area contributed by atoms with Gasteiger partial charge in [0.15, 0.2) is 0 Å². The predicted molar refractivity (Wildman–Crippen MR) is 79.5 cm³/mol. The van der Waals surface area contributed by atoms with Gasteiger partial charge in [-0.1, -0.05) is 0 Å². The molecule has 4 heteroatoms. The SMILES string of the molecule is CNC(=O)c1ccc(N)c(N(CC2CC2)C(C)C)c1. The summed E-state index contributed by atoms with van der Waals surface area (Å²) in [7, 11) is 1.64. The largest absolute Gasteiger partial charge is 0.397 e. The smallest absolute Gasteiger partial charge is 0.251 e. The second kappa shape index (κ2) is 5.51. The number of nitrogens with zero attached hydrogens (tertiary/aromatic N) is 1. The van der Waals surface area contributed by atoms with Crippen LogP contribution in [0, 0.1) is 5.92 Å². The summed E-state index contributed by atoms with van der Waals surface area (Å²) in [4.78, 5) is 14.0. The maximum atomic E-state index is 11.7. The summed E-state index contributed by atoms with van der Waals surface area (Å²) in [6.07, 6.45) is 2.61. The molecular weight excluding hydrogens is 238 g/mol. The first-order valence-corrected chi connectivity index (χ1v) is 6.91. The van der Waals surface area contributed by atoms with Gasteiger partial charge in [0.25, 0.3) is 5.91 Å². The Bertz CT molecular complexity index is 466. The minimum atomic E-state index is -0.0728. The number of hydrogen-bond acceptors (Lipinski definition) is 3. The van der Waals surface area contributed by atoms with Gasteiger partial charge < -0.3 is 16.0 Å². The van der Waals surface area contributed by atoms with E-state index in [4.69, 9.17) is 5.73 Å². The second-order valence-corrected chi connectivity index (χ2v) is 5.54. The molecule has 0 bridgehead atoms. The molecule has 0 heterocycles. The van der Waals surface area contributed by atoms with Crippen LogP contribution in [0.1, 0.15) is 37.0 Å². The molecule has 104 valence electrons. The molecule has 1 aliphatic rings. The highest BCUT2D eigenvalue weighted by atomic mass is 16.1. The Morgan fingerprint density at radius 1 is 1.47 bits per heavy atom. The molecule has 1 aromatic rings. The van der Waals surface area contributed by atoms with Gasteiger partial charge in [0, 0.05) is 25.2 Å². The van der Waals surface area contributed by atoms with Crippen molar-refractivity contribution in [2.75, 3.05) is 24.2 Å². The van der Waals surface area contributed by atoms with Gasteiger partial charge in [-0.15, -0.1) is 0 Å². The molecule has 1 amide bonds. The van der Waals surface area contributed by atoms with Crippen LogP contribution >= 0.6 is 0 Å². The molecule has 1 aliphatic carbocycles. The Balaban J connectivity index is 2.31. The molecular formula is C15H23N3O. The monoisotopic (exact) mass is 261 g/mol. The lowest BCUT2D eigenvalue weighted by Crippen LogP contribution is -2.33. The highest BCUT2D eigenvalue weighted by Gasteiger charge is 2.26. The number of nitrogens with two attached hydrogens (primary N) is 1. The third-order valence-electron chi connectivity index (χ3n) is 3.60. The lowest BCUT2D eigenvalue weighted by molar-refractivity contribution is 0.0963. The second-order valence-electron chi connectivity index (χ2n) is 5.54. The van der Waals surface area contributed by atoms with Gasteiger partial charge in [0.1, 0.15) is 0 Å². The lowest BCUT2D eigenvalue weighted by atomic mass is 10.1. The van der Waals surface area contributed by atoms with Crippen molar-refractivity contribution in [2.45, 2.75) is 32.7 Å². The Labute approximate surface area is 115 Å². The molecule has 2 rings (SSSR count). The van der Waals surface area contributed by atoms with Crippen LogP contribution in [-0.2, 0) is 0 Å². The molecule has 19 heavy (non-hydrogen) atoms. The number of nitrogens with one attached hydrogen (secondary N) is 1. The van der Waals surface area contributed by atoms with Crippen LogP contribution in [0.5, 0.6) is 0 Å². The zero-order chi connectivity index (χ0) is 14.0. The van der Waals surface area contributed by atoms with Crippen LogP contribution in [0.25, 0.3) is 0 Å². The van der Waals surface area contributed by atoms with E-state index in [1.807, 2.05) is 12.1 Å². The number of amides is 1. The molecule has 1 fully saturated rings. The Hall–Kier alpha value is -1.71. The van der Waals surface area contributed by atoms with E-state index in [1.165, 1.54) is 12.8 Å².